The van der Waals surface area contributed by atoms with Crippen LogP contribution >= 0.6 is 0 Å². The second-order valence-corrected chi connectivity index (χ2v) is 13.8. The Morgan fingerprint density at radius 2 is 1.09 bits per heavy atom. The van der Waals surface area contributed by atoms with Crippen LogP contribution in [0.3, 0.4) is 0 Å². The third kappa shape index (κ3) is 4.90. The Labute approximate surface area is 310 Å². The van der Waals surface area contributed by atoms with E-state index in [2.05, 4.69) is 97.1 Å². The van der Waals surface area contributed by atoms with Crippen molar-refractivity contribution in [3.8, 4) is 45.3 Å². The van der Waals surface area contributed by atoms with Gasteiger partial charge in [-0.05, 0) is 75.9 Å². The number of benzene rings is 7. The zero-order chi connectivity index (χ0) is 35.6. The highest BCUT2D eigenvalue weighted by Crippen LogP contribution is 2.38. The van der Waals surface area contributed by atoms with Crippen molar-refractivity contribution in [2.24, 2.45) is 0 Å². The summed E-state index contributed by atoms with van der Waals surface area (Å²) in [6.45, 7) is 0. The van der Waals surface area contributed by atoms with Crippen molar-refractivity contribution >= 4 is 55.5 Å². The van der Waals surface area contributed by atoms with Crippen molar-refractivity contribution in [3.05, 3.63) is 174 Å². The highest BCUT2D eigenvalue weighted by Gasteiger charge is 2.21. The molecule has 3 aromatic heterocycles. The molecule has 0 aliphatic heterocycles. The van der Waals surface area contributed by atoms with Crippen LogP contribution in [0.4, 0.5) is 0 Å². The van der Waals surface area contributed by atoms with E-state index in [-0.39, 0.29) is 0 Å². The predicted molar refractivity (Wildman–Crippen MR) is 218 cm³/mol. The van der Waals surface area contributed by atoms with Gasteiger partial charge in [-0.1, -0.05) is 133 Å². The van der Waals surface area contributed by atoms with Crippen LogP contribution in [0, 0.1) is 0 Å². The maximum absolute atomic E-state index is 6.53. The molecule has 54 heavy (non-hydrogen) atoms. The Bertz CT molecular complexity index is 3220. The molecule has 0 amide bonds. The fraction of sp³-hybridized carbons (Fsp3) is 0.0408. The lowest BCUT2D eigenvalue weighted by atomic mass is 9.89. The maximum Gasteiger partial charge on any atom is 0.167 e. The predicted octanol–water partition coefficient (Wildman–Crippen LogP) is 11.1. The van der Waals surface area contributed by atoms with Crippen molar-refractivity contribution in [3.63, 3.8) is 0 Å². The van der Waals surface area contributed by atoms with Crippen LogP contribution in [-0.2, 0) is 0 Å². The van der Waals surface area contributed by atoms with Crippen LogP contribution in [0.15, 0.2) is 167 Å². The van der Waals surface area contributed by atoms with E-state index in [1.807, 2.05) is 66.7 Å². The van der Waals surface area contributed by atoms with Gasteiger partial charge in [-0.3, -0.25) is 0 Å². The van der Waals surface area contributed by atoms with E-state index in [1.54, 1.807) is 0 Å². The van der Waals surface area contributed by atoms with E-state index in [0.29, 0.717) is 17.5 Å². The van der Waals surface area contributed by atoms with Gasteiger partial charge < -0.3 is 8.83 Å². The molecule has 5 heteroatoms. The van der Waals surface area contributed by atoms with E-state index in [9.17, 15) is 0 Å². The molecule has 1 aliphatic rings. The van der Waals surface area contributed by atoms with Crippen LogP contribution in [0.5, 0.6) is 0 Å². The second-order valence-electron chi connectivity index (χ2n) is 13.8. The zero-order valence-electron chi connectivity index (χ0n) is 29.2. The highest BCUT2D eigenvalue weighted by molar-refractivity contribution is 6.11. The third-order valence-electron chi connectivity index (χ3n) is 10.7. The Hall–Kier alpha value is -7.11. The standard InChI is InChI=1S/C49H31N3O2/c1-3-13-30(14-4-1)32-27-28-40-44(29-32)53-43-26-12-21-37(45(40)43)34-19-9-20-35-33(34)18-10-23-39(35)48-50-47(31-15-5-2-6-16-31)51-49(52-48)41-24-11-22-38-36-17-7-8-25-42(36)54-46(38)41/h1-8,10-18,20-29H,9,19H2. The first-order valence-corrected chi connectivity index (χ1v) is 18.3. The molecule has 5 nitrogen and oxygen atoms in total. The van der Waals surface area contributed by atoms with Gasteiger partial charge in [-0.2, -0.15) is 0 Å². The SMILES string of the molecule is C1=c2c(-c3nc(-c4ccccc4)nc(-c4cccc5c4oc4ccccc45)n3)cccc2=C(c2cccc3oc4cc(-c5ccccc5)ccc4c23)CC1. The Kier molecular flexibility index (Phi) is 6.92. The summed E-state index contributed by atoms with van der Waals surface area (Å²) >= 11 is 0. The number of rotatable bonds is 5. The van der Waals surface area contributed by atoms with Gasteiger partial charge in [0.2, 0.25) is 0 Å². The fourth-order valence-electron chi connectivity index (χ4n) is 8.16. The number of nitrogens with zero attached hydrogens (tertiary/aromatic N) is 3. The van der Waals surface area contributed by atoms with Crippen LogP contribution in [0.1, 0.15) is 18.4 Å². The average molecular weight is 694 g/mol. The zero-order valence-corrected chi connectivity index (χ0v) is 29.2. The van der Waals surface area contributed by atoms with Gasteiger partial charge in [-0.25, -0.2) is 15.0 Å². The van der Waals surface area contributed by atoms with Crippen LogP contribution in [0.2, 0.25) is 0 Å². The summed E-state index contributed by atoms with van der Waals surface area (Å²) in [7, 11) is 0. The molecular weight excluding hydrogens is 663 g/mol. The molecule has 11 rings (SSSR count). The Balaban J connectivity index is 1.12. The highest BCUT2D eigenvalue weighted by atomic mass is 16.3. The maximum atomic E-state index is 6.53. The van der Waals surface area contributed by atoms with E-state index in [4.69, 9.17) is 23.8 Å². The van der Waals surface area contributed by atoms with Gasteiger partial charge in [0, 0.05) is 32.7 Å². The first kappa shape index (κ1) is 30.5. The molecule has 7 aromatic carbocycles. The number of fused-ring (bicyclic) bond motifs is 7. The first-order chi connectivity index (χ1) is 26.8. The molecule has 0 unspecified atom stereocenters. The minimum absolute atomic E-state index is 0.575. The van der Waals surface area contributed by atoms with Gasteiger partial charge in [0.15, 0.2) is 17.5 Å². The van der Waals surface area contributed by atoms with Crippen molar-refractivity contribution < 1.29 is 8.83 Å². The van der Waals surface area contributed by atoms with E-state index >= 15 is 0 Å². The smallest absolute Gasteiger partial charge is 0.167 e. The fourth-order valence-corrected chi connectivity index (χ4v) is 8.16. The molecule has 10 aromatic rings. The lowest BCUT2D eigenvalue weighted by Crippen LogP contribution is -2.32. The third-order valence-corrected chi connectivity index (χ3v) is 10.7. The lowest BCUT2D eigenvalue weighted by molar-refractivity contribution is 0.669. The van der Waals surface area contributed by atoms with Crippen LogP contribution in [-0.4, -0.2) is 15.0 Å². The Morgan fingerprint density at radius 1 is 0.426 bits per heavy atom. The number of hydrogen-bond donors (Lipinski definition) is 0. The first-order valence-electron chi connectivity index (χ1n) is 18.3. The van der Waals surface area contributed by atoms with Crippen molar-refractivity contribution in [2.75, 3.05) is 0 Å². The molecule has 254 valence electrons. The summed E-state index contributed by atoms with van der Waals surface area (Å²) in [5.41, 5.74) is 10.9. The van der Waals surface area contributed by atoms with Gasteiger partial charge in [0.1, 0.15) is 22.3 Å². The van der Waals surface area contributed by atoms with Gasteiger partial charge in [-0.15, -0.1) is 0 Å². The quantitative estimate of drug-likeness (QED) is 0.180. The summed E-state index contributed by atoms with van der Waals surface area (Å²) in [4.78, 5) is 15.4. The molecule has 0 radical (unpaired) electrons. The monoisotopic (exact) mass is 693 g/mol. The minimum Gasteiger partial charge on any atom is -0.456 e. The summed E-state index contributed by atoms with van der Waals surface area (Å²) in [5, 5.41) is 6.69. The molecule has 0 bridgehead atoms. The van der Waals surface area contributed by atoms with E-state index in [0.717, 1.165) is 84.2 Å². The van der Waals surface area contributed by atoms with Gasteiger partial charge >= 0.3 is 0 Å². The number of para-hydroxylation sites is 2. The van der Waals surface area contributed by atoms with Crippen molar-refractivity contribution in [2.45, 2.75) is 12.8 Å². The average Bonchev–Trinajstić information content (AvgIpc) is 3.82. The lowest BCUT2D eigenvalue weighted by Gasteiger charge is -2.15. The molecule has 3 heterocycles. The molecule has 0 saturated heterocycles. The van der Waals surface area contributed by atoms with Gasteiger partial charge in [0.25, 0.3) is 0 Å². The van der Waals surface area contributed by atoms with E-state index < -0.39 is 0 Å². The largest absolute Gasteiger partial charge is 0.456 e. The summed E-state index contributed by atoms with van der Waals surface area (Å²) in [6.07, 6.45) is 4.14. The number of furan rings is 2. The molecule has 0 spiro atoms. The molecule has 0 atom stereocenters. The number of hydrogen-bond acceptors (Lipinski definition) is 5. The number of aromatic nitrogens is 3. The molecule has 0 N–H and O–H groups in total. The summed E-state index contributed by atoms with van der Waals surface area (Å²) < 4.78 is 13.0. The summed E-state index contributed by atoms with van der Waals surface area (Å²) in [5.74, 6) is 1.82. The van der Waals surface area contributed by atoms with E-state index in [1.165, 1.54) is 21.9 Å². The molecule has 0 fully saturated rings. The normalized spacial score (nSPS) is 12.8. The minimum atomic E-state index is 0.575. The molecular formula is C49H31N3O2. The molecule has 1 aliphatic carbocycles. The topological polar surface area (TPSA) is 65.0 Å². The second kappa shape index (κ2) is 12.2. The Morgan fingerprint density at radius 3 is 1.96 bits per heavy atom. The van der Waals surface area contributed by atoms with Crippen LogP contribution < -0.4 is 10.4 Å². The van der Waals surface area contributed by atoms with Gasteiger partial charge in [0.05, 0.1) is 5.56 Å². The van der Waals surface area contributed by atoms with Crippen molar-refractivity contribution in [1.82, 2.24) is 15.0 Å². The molecule has 0 saturated carbocycles. The van der Waals surface area contributed by atoms with Crippen molar-refractivity contribution in [1.29, 1.82) is 0 Å². The summed E-state index contributed by atoms with van der Waals surface area (Å²) in [6, 6.07) is 54.4. The van der Waals surface area contributed by atoms with Crippen LogP contribution in [0.25, 0.3) is 101 Å².